The van der Waals surface area contributed by atoms with Gasteiger partial charge in [0.25, 0.3) is 0 Å². The van der Waals surface area contributed by atoms with Crippen molar-refractivity contribution in [2.24, 2.45) is 0 Å². The summed E-state index contributed by atoms with van der Waals surface area (Å²) in [5.41, 5.74) is 0. The molecule has 0 saturated carbocycles. The molecule has 6 heteroatoms. The second-order valence-electron chi connectivity index (χ2n) is 4.66. The molecule has 0 atom stereocenters. The molecule has 0 aliphatic heterocycles. The summed E-state index contributed by atoms with van der Waals surface area (Å²) in [6.45, 7) is 12.1. The highest BCUT2D eigenvalue weighted by molar-refractivity contribution is 5.43. The largest absolute Gasteiger partial charge is 0.354 e. The number of unbranched alkanes of at least 4 members (excludes halogenated alkanes) is 1. The molecule has 1 heterocycles. The van der Waals surface area contributed by atoms with Gasteiger partial charge in [-0.15, -0.1) is 0 Å². The summed E-state index contributed by atoms with van der Waals surface area (Å²) in [6, 6.07) is 0. The standard InChI is InChI=1S/C14H28N6/c1-5-9-11-16-13-17-12(15-10-6-2)18-14(19-13)20(7-3)8-4/h5-11H2,1-4H3,(H2,15,16,17,18,19). The van der Waals surface area contributed by atoms with E-state index in [9.17, 15) is 0 Å². The maximum absolute atomic E-state index is 4.51. The van der Waals surface area contributed by atoms with Crippen molar-refractivity contribution in [1.29, 1.82) is 0 Å². The number of anilines is 3. The Morgan fingerprint density at radius 3 is 1.90 bits per heavy atom. The van der Waals surface area contributed by atoms with Crippen LogP contribution >= 0.6 is 0 Å². The number of rotatable bonds is 10. The Hall–Kier alpha value is -1.59. The lowest BCUT2D eigenvalue weighted by Crippen LogP contribution is -2.25. The van der Waals surface area contributed by atoms with E-state index >= 15 is 0 Å². The van der Waals surface area contributed by atoms with Crippen molar-refractivity contribution in [3.8, 4) is 0 Å². The molecule has 6 nitrogen and oxygen atoms in total. The number of hydrogen-bond acceptors (Lipinski definition) is 6. The predicted octanol–water partition coefficient (Wildman–Crippen LogP) is 2.75. The number of nitrogens with zero attached hydrogens (tertiary/aromatic N) is 4. The first-order chi connectivity index (χ1) is 9.74. The molecule has 1 aromatic heterocycles. The van der Waals surface area contributed by atoms with Gasteiger partial charge in [0.05, 0.1) is 0 Å². The molecular formula is C14H28N6. The van der Waals surface area contributed by atoms with Crippen LogP contribution in [0.15, 0.2) is 0 Å². The quantitative estimate of drug-likeness (QED) is 0.642. The second kappa shape index (κ2) is 9.34. The van der Waals surface area contributed by atoms with Crippen molar-refractivity contribution in [3.05, 3.63) is 0 Å². The lowest BCUT2D eigenvalue weighted by Gasteiger charge is -2.19. The second-order valence-corrected chi connectivity index (χ2v) is 4.66. The summed E-state index contributed by atoms with van der Waals surface area (Å²) in [5.74, 6) is 2.05. The third kappa shape index (κ3) is 5.19. The molecule has 0 radical (unpaired) electrons. The molecule has 0 spiro atoms. The highest BCUT2D eigenvalue weighted by Crippen LogP contribution is 2.13. The Labute approximate surface area is 122 Å². The molecule has 1 rings (SSSR count). The molecule has 1 aromatic rings. The zero-order chi connectivity index (χ0) is 14.8. The van der Waals surface area contributed by atoms with Crippen molar-refractivity contribution in [1.82, 2.24) is 15.0 Å². The van der Waals surface area contributed by atoms with Crippen LogP contribution in [0.1, 0.15) is 47.0 Å². The van der Waals surface area contributed by atoms with E-state index in [1.165, 1.54) is 0 Å². The molecule has 0 unspecified atom stereocenters. The van der Waals surface area contributed by atoms with Gasteiger partial charge in [0.15, 0.2) is 0 Å². The average Bonchev–Trinajstić information content (AvgIpc) is 2.47. The lowest BCUT2D eigenvalue weighted by molar-refractivity contribution is 0.798. The summed E-state index contributed by atoms with van der Waals surface area (Å²) in [5, 5.41) is 6.52. The van der Waals surface area contributed by atoms with E-state index in [1.54, 1.807) is 0 Å². The molecule has 2 N–H and O–H groups in total. The minimum atomic E-state index is 0.655. The Morgan fingerprint density at radius 1 is 0.800 bits per heavy atom. The first-order valence-corrected chi connectivity index (χ1v) is 7.73. The lowest BCUT2D eigenvalue weighted by atomic mass is 10.3. The molecule has 114 valence electrons. The fraction of sp³-hybridized carbons (Fsp3) is 0.786. The van der Waals surface area contributed by atoms with Gasteiger partial charge in [0, 0.05) is 26.2 Å². The van der Waals surface area contributed by atoms with Gasteiger partial charge in [-0.05, 0) is 26.7 Å². The minimum Gasteiger partial charge on any atom is -0.354 e. The van der Waals surface area contributed by atoms with Crippen LogP contribution in [0.3, 0.4) is 0 Å². The number of hydrogen-bond donors (Lipinski definition) is 2. The summed E-state index contributed by atoms with van der Waals surface area (Å²) < 4.78 is 0. The molecule has 20 heavy (non-hydrogen) atoms. The van der Waals surface area contributed by atoms with Crippen molar-refractivity contribution < 1.29 is 0 Å². The van der Waals surface area contributed by atoms with E-state index in [1.807, 2.05) is 0 Å². The molecule has 0 amide bonds. The first kappa shape index (κ1) is 16.5. The highest BCUT2D eigenvalue weighted by Gasteiger charge is 2.10. The molecule has 0 aromatic carbocycles. The monoisotopic (exact) mass is 280 g/mol. The highest BCUT2D eigenvalue weighted by atomic mass is 15.3. The van der Waals surface area contributed by atoms with E-state index in [-0.39, 0.29) is 0 Å². The SMILES string of the molecule is CCCCNc1nc(NCCC)nc(N(CC)CC)n1. The molecular weight excluding hydrogens is 252 g/mol. The fourth-order valence-electron chi connectivity index (χ4n) is 1.78. The Bertz CT molecular complexity index is 378. The van der Waals surface area contributed by atoms with Gasteiger partial charge in [-0.25, -0.2) is 0 Å². The number of aromatic nitrogens is 3. The topological polar surface area (TPSA) is 66.0 Å². The summed E-state index contributed by atoms with van der Waals surface area (Å²) in [4.78, 5) is 15.6. The smallest absolute Gasteiger partial charge is 0.231 e. The molecule has 0 aliphatic rings. The van der Waals surface area contributed by atoms with Crippen molar-refractivity contribution in [3.63, 3.8) is 0 Å². The Balaban J connectivity index is 2.88. The molecule has 0 bridgehead atoms. The summed E-state index contributed by atoms with van der Waals surface area (Å²) >= 11 is 0. The zero-order valence-electron chi connectivity index (χ0n) is 13.2. The first-order valence-electron chi connectivity index (χ1n) is 7.73. The predicted molar refractivity (Wildman–Crippen MR) is 85.6 cm³/mol. The van der Waals surface area contributed by atoms with Gasteiger partial charge in [0.2, 0.25) is 17.8 Å². The molecule has 0 saturated heterocycles. The van der Waals surface area contributed by atoms with Crippen LogP contribution in [0.5, 0.6) is 0 Å². The van der Waals surface area contributed by atoms with Gasteiger partial charge in [-0.1, -0.05) is 20.3 Å². The third-order valence-corrected chi connectivity index (χ3v) is 3.02. The molecule has 0 aliphatic carbocycles. The van der Waals surface area contributed by atoms with Crippen LogP contribution < -0.4 is 15.5 Å². The van der Waals surface area contributed by atoms with Crippen molar-refractivity contribution in [2.45, 2.75) is 47.0 Å². The van der Waals surface area contributed by atoms with Gasteiger partial charge in [-0.3, -0.25) is 0 Å². The van der Waals surface area contributed by atoms with Gasteiger partial charge in [-0.2, -0.15) is 15.0 Å². The van der Waals surface area contributed by atoms with E-state index < -0.39 is 0 Å². The van der Waals surface area contributed by atoms with Crippen LogP contribution in [0.4, 0.5) is 17.8 Å². The summed E-state index contributed by atoms with van der Waals surface area (Å²) in [6.07, 6.45) is 3.32. The minimum absolute atomic E-state index is 0.655. The third-order valence-electron chi connectivity index (χ3n) is 3.02. The van der Waals surface area contributed by atoms with Crippen molar-refractivity contribution in [2.75, 3.05) is 41.7 Å². The van der Waals surface area contributed by atoms with E-state index in [4.69, 9.17) is 0 Å². The van der Waals surface area contributed by atoms with Crippen LogP contribution in [-0.4, -0.2) is 41.1 Å². The van der Waals surface area contributed by atoms with Gasteiger partial charge >= 0.3 is 0 Å². The number of nitrogens with one attached hydrogen (secondary N) is 2. The van der Waals surface area contributed by atoms with E-state index in [2.05, 4.69) is 58.2 Å². The maximum atomic E-state index is 4.51. The van der Waals surface area contributed by atoms with Crippen molar-refractivity contribution >= 4 is 17.8 Å². The van der Waals surface area contributed by atoms with Crippen LogP contribution in [0.25, 0.3) is 0 Å². The molecule has 0 fully saturated rings. The van der Waals surface area contributed by atoms with E-state index in [0.29, 0.717) is 11.9 Å². The van der Waals surface area contributed by atoms with Crippen LogP contribution in [0.2, 0.25) is 0 Å². The Morgan fingerprint density at radius 2 is 1.40 bits per heavy atom. The maximum Gasteiger partial charge on any atom is 0.231 e. The van der Waals surface area contributed by atoms with Gasteiger partial charge in [0.1, 0.15) is 0 Å². The van der Waals surface area contributed by atoms with E-state index in [0.717, 1.165) is 51.4 Å². The summed E-state index contributed by atoms with van der Waals surface area (Å²) in [7, 11) is 0. The zero-order valence-corrected chi connectivity index (χ0v) is 13.2. The average molecular weight is 280 g/mol. The van der Waals surface area contributed by atoms with Crippen LogP contribution in [0, 0.1) is 0 Å². The fourth-order valence-corrected chi connectivity index (χ4v) is 1.78. The Kier molecular flexibility index (Phi) is 7.69. The van der Waals surface area contributed by atoms with Crippen LogP contribution in [-0.2, 0) is 0 Å². The normalized spacial score (nSPS) is 10.4. The van der Waals surface area contributed by atoms with Gasteiger partial charge < -0.3 is 15.5 Å².